The van der Waals surface area contributed by atoms with E-state index in [1.54, 1.807) is 6.07 Å². The maximum absolute atomic E-state index is 13.2. The van der Waals surface area contributed by atoms with Gasteiger partial charge in [-0.3, -0.25) is 14.9 Å². The van der Waals surface area contributed by atoms with Gasteiger partial charge in [0, 0.05) is 23.4 Å². The lowest BCUT2D eigenvalue weighted by Gasteiger charge is -2.34. The van der Waals surface area contributed by atoms with E-state index in [1.165, 1.54) is 18.2 Å². The maximum Gasteiger partial charge on any atom is 0.270 e. The number of nitro benzene ring substituents is 1. The summed E-state index contributed by atoms with van der Waals surface area (Å²) in [7, 11) is 0. The number of rotatable bonds is 3. The zero-order valence-electron chi connectivity index (χ0n) is 13.8. The number of ketones is 1. The molecule has 2 aliphatic heterocycles. The molecule has 2 aromatic carbocycles. The Kier molecular flexibility index (Phi) is 3.77. The van der Waals surface area contributed by atoms with E-state index in [-0.39, 0.29) is 23.4 Å². The molecule has 1 saturated heterocycles. The van der Waals surface area contributed by atoms with Crippen molar-refractivity contribution < 1.29 is 9.72 Å². The summed E-state index contributed by atoms with van der Waals surface area (Å²) < 4.78 is 0. The Morgan fingerprint density at radius 1 is 1.23 bits per heavy atom. The van der Waals surface area contributed by atoms with Crippen LogP contribution in [0.5, 0.6) is 0 Å². The van der Waals surface area contributed by atoms with Gasteiger partial charge < -0.3 is 4.90 Å². The molecule has 0 aliphatic carbocycles. The van der Waals surface area contributed by atoms with Crippen molar-refractivity contribution in [1.82, 2.24) is 0 Å². The molecule has 2 aromatic rings. The van der Waals surface area contributed by atoms with Crippen LogP contribution in [0, 0.1) is 27.4 Å². The largest absolute Gasteiger partial charge is 0.353 e. The van der Waals surface area contributed by atoms with Crippen molar-refractivity contribution in [2.75, 3.05) is 4.90 Å². The Balaban J connectivity index is 1.76. The number of anilines is 1. The molecule has 0 aromatic heterocycles. The number of benzene rings is 2. The predicted molar refractivity (Wildman–Crippen MR) is 96.7 cm³/mol. The number of hydrogen-bond acceptors (Lipinski definition) is 5. The molecule has 3 atom stereocenters. The molecular formula is C20H15N3O3. The van der Waals surface area contributed by atoms with E-state index in [0.29, 0.717) is 12.0 Å². The standard InChI is InChI=1S/C20H15N3O3/c21-12-15-11-19(20(24)14-5-3-6-16(10-14)23(25)26)22-17-7-2-1-4-13(17)8-9-18(15)22/h1-10,15,18-19H,11H2/t15-,18-,19+/m0/s1. The van der Waals surface area contributed by atoms with Crippen LogP contribution in [0.4, 0.5) is 11.4 Å². The van der Waals surface area contributed by atoms with Crippen LogP contribution >= 0.6 is 0 Å². The highest BCUT2D eigenvalue weighted by atomic mass is 16.6. The summed E-state index contributed by atoms with van der Waals surface area (Å²) in [5.74, 6) is -0.492. The molecule has 2 heterocycles. The molecule has 1 fully saturated rings. The van der Waals surface area contributed by atoms with Crippen LogP contribution in [0.25, 0.3) is 6.08 Å². The number of nitrogens with zero attached hydrogens (tertiary/aromatic N) is 3. The van der Waals surface area contributed by atoms with Gasteiger partial charge in [-0.05, 0) is 18.1 Å². The monoisotopic (exact) mass is 345 g/mol. The van der Waals surface area contributed by atoms with E-state index in [0.717, 1.165) is 11.3 Å². The van der Waals surface area contributed by atoms with Gasteiger partial charge in [0.1, 0.15) is 0 Å². The molecule has 4 rings (SSSR count). The average molecular weight is 345 g/mol. The average Bonchev–Trinajstić information content (AvgIpc) is 3.06. The van der Waals surface area contributed by atoms with Crippen LogP contribution in [-0.4, -0.2) is 22.8 Å². The third-order valence-electron chi connectivity index (χ3n) is 5.04. The van der Waals surface area contributed by atoms with Crippen LogP contribution in [-0.2, 0) is 0 Å². The second kappa shape index (κ2) is 6.12. The number of nitriles is 1. The van der Waals surface area contributed by atoms with Crippen molar-refractivity contribution in [3.05, 3.63) is 75.8 Å². The van der Waals surface area contributed by atoms with Gasteiger partial charge in [0.15, 0.2) is 5.78 Å². The Bertz CT molecular complexity index is 976. The minimum atomic E-state index is -0.516. The number of carbonyl (C=O) groups excluding carboxylic acids is 1. The van der Waals surface area contributed by atoms with E-state index in [2.05, 4.69) is 6.07 Å². The first kappa shape index (κ1) is 16.0. The fraction of sp³-hybridized carbons (Fsp3) is 0.200. The molecule has 128 valence electrons. The van der Waals surface area contributed by atoms with E-state index in [9.17, 15) is 20.2 Å². The molecule has 6 nitrogen and oxygen atoms in total. The molecule has 26 heavy (non-hydrogen) atoms. The Hall–Kier alpha value is -3.46. The molecule has 0 spiro atoms. The number of para-hydroxylation sites is 1. The lowest BCUT2D eigenvalue weighted by Crippen LogP contribution is -2.42. The molecule has 0 bridgehead atoms. The SMILES string of the molecule is N#C[C@@H]1C[C@H](C(=O)c2cccc([N+](=O)[O-])c2)N2c3ccccc3C=C[C@@H]12. The molecule has 2 aliphatic rings. The lowest BCUT2D eigenvalue weighted by molar-refractivity contribution is -0.384. The highest BCUT2D eigenvalue weighted by Crippen LogP contribution is 2.41. The first-order valence-electron chi connectivity index (χ1n) is 8.34. The van der Waals surface area contributed by atoms with E-state index >= 15 is 0 Å². The zero-order valence-corrected chi connectivity index (χ0v) is 13.8. The van der Waals surface area contributed by atoms with Crippen LogP contribution in [0.3, 0.4) is 0 Å². The first-order valence-corrected chi connectivity index (χ1v) is 8.34. The van der Waals surface area contributed by atoms with Gasteiger partial charge in [0.25, 0.3) is 5.69 Å². The van der Waals surface area contributed by atoms with Crippen molar-refractivity contribution in [1.29, 1.82) is 5.26 Å². The summed E-state index contributed by atoms with van der Waals surface area (Å²) in [5.41, 5.74) is 2.11. The molecule has 0 unspecified atom stereocenters. The lowest BCUT2D eigenvalue weighted by atomic mass is 9.96. The molecule has 6 heteroatoms. The fourth-order valence-electron chi connectivity index (χ4n) is 3.84. The van der Waals surface area contributed by atoms with Crippen molar-refractivity contribution in [3.63, 3.8) is 0 Å². The van der Waals surface area contributed by atoms with E-state index in [1.807, 2.05) is 41.3 Å². The van der Waals surface area contributed by atoms with Gasteiger partial charge >= 0.3 is 0 Å². The van der Waals surface area contributed by atoms with Crippen molar-refractivity contribution in [2.24, 2.45) is 5.92 Å². The summed E-state index contributed by atoms with van der Waals surface area (Å²) in [6.07, 6.45) is 4.36. The smallest absolute Gasteiger partial charge is 0.270 e. The van der Waals surface area contributed by atoms with E-state index in [4.69, 9.17) is 0 Å². The minimum absolute atomic E-state index is 0.110. The Morgan fingerprint density at radius 3 is 2.81 bits per heavy atom. The summed E-state index contributed by atoms with van der Waals surface area (Å²) >= 11 is 0. The maximum atomic E-state index is 13.2. The van der Waals surface area contributed by atoms with Crippen LogP contribution < -0.4 is 4.90 Å². The fourth-order valence-corrected chi connectivity index (χ4v) is 3.84. The van der Waals surface area contributed by atoms with Crippen LogP contribution in [0.2, 0.25) is 0 Å². The number of non-ortho nitro benzene ring substituents is 1. The molecule has 0 radical (unpaired) electrons. The van der Waals surface area contributed by atoms with Crippen molar-refractivity contribution in [2.45, 2.75) is 18.5 Å². The highest BCUT2D eigenvalue weighted by Gasteiger charge is 2.45. The van der Waals surface area contributed by atoms with Gasteiger partial charge in [-0.15, -0.1) is 0 Å². The third kappa shape index (κ3) is 2.45. The summed E-state index contributed by atoms with van der Waals surface area (Å²) in [6.45, 7) is 0. The number of fused-ring (bicyclic) bond motifs is 3. The number of carbonyl (C=O) groups is 1. The number of nitro groups is 1. The Labute approximate surface area is 150 Å². The van der Waals surface area contributed by atoms with Gasteiger partial charge in [0.2, 0.25) is 0 Å². The van der Waals surface area contributed by atoms with Gasteiger partial charge in [-0.25, -0.2) is 0 Å². The van der Waals surface area contributed by atoms with Crippen molar-refractivity contribution >= 4 is 23.2 Å². The van der Waals surface area contributed by atoms with Gasteiger partial charge in [0.05, 0.1) is 29.0 Å². The molecular weight excluding hydrogens is 330 g/mol. The predicted octanol–water partition coefficient (Wildman–Crippen LogP) is 3.59. The number of Topliss-reactive ketones (excluding diaryl/α,β-unsaturated/α-hetero) is 1. The van der Waals surface area contributed by atoms with Crippen molar-refractivity contribution in [3.8, 4) is 6.07 Å². The topological polar surface area (TPSA) is 87.2 Å². The molecule has 0 amide bonds. The third-order valence-corrected chi connectivity index (χ3v) is 5.04. The minimum Gasteiger partial charge on any atom is -0.353 e. The van der Waals surface area contributed by atoms with Crippen LogP contribution in [0.1, 0.15) is 22.3 Å². The van der Waals surface area contributed by atoms with Gasteiger partial charge in [-0.2, -0.15) is 5.26 Å². The molecule has 0 saturated carbocycles. The second-order valence-corrected chi connectivity index (χ2v) is 6.47. The zero-order chi connectivity index (χ0) is 18.3. The van der Waals surface area contributed by atoms with Gasteiger partial charge in [-0.1, -0.05) is 42.5 Å². The van der Waals surface area contributed by atoms with E-state index < -0.39 is 11.0 Å². The number of hydrogen-bond donors (Lipinski definition) is 0. The molecule has 0 N–H and O–H groups in total. The van der Waals surface area contributed by atoms with Crippen LogP contribution in [0.15, 0.2) is 54.6 Å². The first-order chi connectivity index (χ1) is 12.6. The summed E-state index contributed by atoms with van der Waals surface area (Å²) in [6, 6.07) is 15.2. The Morgan fingerprint density at radius 2 is 2.04 bits per heavy atom. The summed E-state index contributed by atoms with van der Waals surface area (Å²) in [5, 5.41) is 20.5. The second-order valence-electron chi connectivity index (χ2n) is 6.47. The summed E-state index contributed by atoms with van der Waals surface area (Å²) in [4.78, 5) is 25.7. The highest BCUT2D eigenvalue weighted by molar-refractivity contribution is 6.03. The normalized spacial score (nSPS) is 23.0. The quantitative estimate of drug-likeness (QED) is 0.482.